The fourth-order valence-corrected chi connectivity index (χ4v) is 7.53. The van der Waals surface area contributed by atoms with Crippen LogP contribution in [-0.2, 0) is 0 Å². The molecule has 52 heavy (non-hydrogen) atoms. The summed E-state index contributed by atoms with van der Waals surface area (Å²) in [6, 6.07) is 58.4. The number of nitrogens with one attached hydrogen (secondary N) is 1. The van der Waals surface area contributed by atoms with E-state index in [0.29, 0.717) is 5.56 Å². The van der Waals surface area contributed by atoms with Crippen molar-refractivity contribution in [1.29, 1.82) is 5.26 Å². The van der Waals surface area contributed by atoms with Crippen LogP contribution in [0.4, 0.5) is 0 Å². The van der Waals surface area contributed by atoms with Crippen molar-refractivity contribution in [3.8, 4) is 22.9 Å². The minimum atomic E-state index is -0.330. The lowest BCUT2D eigenvalue weighted by molar-refractivity contribution is 0.631. The van der Waals surface area contributed by atoms with Gasteiger partial charge >= 0.3 is 0 Å². The SMILES string of the molecule is N#Cc1ccc2c(c1)c1ccc(-c3cccc4c3oc3ccccc34)cc1n2-c1ccc(C2=NC(c3ccccc3)[N-]C(c3ccccc3)N2)cc1. The highest BCUT2D eigenvalue weighted by atomic mass is 16.3. The number of aliphatic imine (C=N–C) groups is 1. The summed E-state index contributed by atoms with van der Waals surface area (Å²) >= 11 is 0. The minimum absolute atomic E-state index is 0.236. The largest absolute Gasteiger partial charge is 0.613 e. The molecule has 0 amide bonds. The number of nitriles is 1. The Hall–Kier alpha value is -6.94. The van der Waals surface area contributed by atoms with Gasteiger partial charge in [0.15, 0.2) is 0 Å². The summed E-state index contributed by atoms with van der Waals surface area (Å²) in [6.07, 6.45) is -0.566. The second-order valence-corrected chi connectivity index (χ2v) is 13.1. The van der Waals surface area contributed by atoms with Gasteiger partial charge in [-0.1, -0.05) is 109 Å². The van der Waals surface area contributed by atoms with E-state index in [1.54, 1.807) is 0 Å². The van der Waals surface area contributed by atoms with Gasteiger partial charge in [-0.2, -0.15) is 5.26 Å². The molecule has 6 nitrogen and oxygen atoms in total. The number of hydrogen-bond donors (Lipinski definition) is 1. The van der Waals surface area contributed by atoms with Crippen molar-refractivity contribution in [3.63, 3.8) is 0 Å². The molecular formula is C46H30N5O-. The number of furan rings is 1. The third-order valence-electron chi connectivity index (χ3n) is 10.0. The zero-order valence-electron chi connectivity index (χ0n) is 27.9. The molecule has 0 saturated carbocycles. The van der Waals surface area contributed by atoms with Crippen molar-refractivity contribution >= 4 is 49.6 Å². The number of nitrogens with zero attached hydrogens (tertiary/aromatic N) is 4. The van der Waals surface area contributed by atoms with E-state index < -0.39 is 0 Å². The first-order valence-electron chi connectivity index (χ1n) is 17.4. The predicted molar refractivity (Wildman–Crippen MR) is 210 cm³/mol. The smallest absolute Gasteiger partial charge is 0.143 e. The fraction of sp³-hybridized carbons (Fsp3) is 0.0435. The third-order valence-corrected chi connectivity index (χ3v) is 10.0. The number of rotatable bonds is 5. The van der Waals surface area contributed by atoms with Gasteiger partial charge in [0.2, 0.25) is 0 Å². The van der Waals surface area contributed by atoms with Gasteiger partial charge < -0.3 is 19.6 Å². The molecule has 3 heterocycles. The van der Waals surface area contributed by atoms with Crippen molar-refractivity contribution in [2.75, 3.05) is 0 Å². The lowest BCUT2D eigenvalue weighted by Gasteiger charge is -2.44. The molecule has 2 atom stereocenters. The second-order valence-electron chi connectivity index (χ2n) is 13.1. The van der Waals surface area contributed by atoms with E-state index in [9.17, 15) is 5.26 Å². The van der Waals surface area contributed by atoms with Gasteiger partial charge in [-0.05, 0) is 83.6 Å². The Balaban J connectivity index is 1.10. The number of benzene rings is 7. The average Bonchev–Trinajstić information content (AvgIpc) is 3.76. The molecular weight excluding hydrogens is 639 g/mol. The zero-order chi connectivity index (χ0) is 34.6. The summed E-state index contributed by atoms with van der Waals surface area (Å²) in [7, 11) is 0. The Kier molecular flexibility index (Phi) is 6.98. The molecule has 0 radical (unpaired) electrons. The molecule has 9 aromatic rings. The van der Waals surface area contributed by atoms with E-state index in [1.165, 1.54) is 0 Å². The monoisotopic (exact) mass is 668 g/mol. The van der Waals surface area contributed by atoms with E-state index in [1.807, 2.05) is 72.8 Å². The second kappa shape index (κ2) is 12.1. The van der Waals surface area contributed by atoms with E-state index in [0.717, 1.165) is 83.1 Å². The van der Waals surface area contributed by atoms with E-state index >= 15 is 0 Å². The van der Waals surface area contributed by atoms with Crippen LogP contribution in [0.5, 0.6) is 0 Å². The van der Waals surface area contributed by atoms with Gasteiger partial charge in [0.05, 0.1) is 22.7 Å². The molecule has 6 heteroatoms. The fourth-order valence-electron chi connectivity index (χ4n) is 7.53. The van der Waals surface area contributed by atoms with Crippen LogP contribution in [0.15, 0.2) is 173 Å². The van der Waals surface area contributed by atoms with Gasteiger partial charge in [0, 0.05) is 38.4 Å². The molecule has 0 bridgehead atoms. The first kappa shape index (κ1) is 29.9. The maximum Gasteiger partial charge on any atom is 0.143 e. The Morgan fingerprint density at radius 3 is 2.15 bits per heavy atom. The van der Waals surface area contributed by atoms with E-state index in [-0.39, 0.29) is 12.3 Å². The molecule has 1 N–H and O–H groups in total. The van der Waals surface area contributed by atoms with Crippen molar-refractivity contribution in [2.45, 2.75) is 12.3 Å². The Labute approximate surface area is 299 Å². The molecule has 7 aromatic carbocycles. The lowest BCUT2D eigenvalue weighted by Crippen LogP contribution is -2.34. The number of aromatic nitrogens is 1. The number of para-hydroxylation sites is 2. The number of amidine groups is 1. The summed E-state index contributed by atoms with van der Waals surface area (Å²) in [5, 5.41) is 22.8. The summed E-state index contributed by atoms with van der Waals surface area (Å²) in [4.78, 5) is 5.09. The van der Waals surface area contributed by atoms with Gasteiger partial charge in [0.1, 0.15) is 17.0 Å². The maximum atomic E-state index is 9.79. The van der Waals surface area contributed by atoms with Crippen LogP contribution in [0.1, 0.15) is 34.6 Å². The Morgan fingerprint density at radius 1 is 0.615 bits per heavy atom. The highest BCUT2D eigenvalue weighted by Gasteiger charge is 2.19. The van der Waals surface area contributed by atoms with Crippen LogP contribution >= 0.6 is 0 Å². The van der Waals surface area contributed by atoms with Crippen LogP contribution in [0, 0.1) is 11.3 Å². The molecule has 0 spiro atoms. The van der Waals surface area contributed by atoms with Crippen LogP contribution in [0.3, 0.4) is 0 Å². The highest BCUT2D eigenvalue weighted by Crippen LogP contribution is 2.40. The zero-order valence-corrected chi connectivity index (χ0v) is 27.9. The first-order valence-corrected chi connectivity index (χ1v) is 17.4. The van der Waals surface area contributed by atoms with Gasteiger partial charge in [-0.15, -0.1) is 0 Å². The maximum absolute atomic E-state index is 9.79. The van der Waals surface area contributed by atoms with Crippen LogP contribution < -0.4 is 5.32 Å². The molecule has 2 aromatic heterocycles. The van der Waals surface area contributed by atoms with Crippen LogP contribution in [0.25, 0.3) is 65.9 Å². The minimum Gasteiger partial charge on any atom is -0.613 e. The Morgan fingerprint density at radius 2 is 1.35 bits per heavy atom. The highest BCUT2D eigenvalue weighted by molar-refractivity contribution is 6.13. The van der Waals surface area contributed by atoms with Crippen molar-refractivity contribution in [2.24, 2.45) is 4.99 Å². The predicted octanol–water partition coefficient (Wildman–Crippen LogP) is 11.3. The normalized spacial score (nSPS) is 15.9. The van der Waals surface area contributed by atoms with Gasteiger partial charge in [0.25, 0.3) is 0 Å². The standard InChI is InChI=1S/C46H30N5O/c47-28-29-18-25-40-39(26-29)36-24-21-33(35-15-9-16-38-37-14-7-8-17-42(37)52-43(35)38)27-41(36)51(40)34-22-19-32(20-23-34)46-49-44(30-10-3-1-4-11-30)48-45(50-46)31-12-5-2-6-13-31/h1-27,44-45H,(H,49,50)/q-1. The van der Waals surface area contributed by atoms with Crippen LogP contribution in [-0.4, -0.2) is 10.4 Å². The topological polar surface area (TPSA) is 80.3 Å². The van der Waals surface area contributed by atoms with Crippen molar-refractivity contribution in [3.05, 3.63) is 191 Å². The molecule has 1 aliphatic heterocycles. The number of fused-ring (bicyclic) bond motifs is 6. The molecule has 0 fully saturated rings. The van der Waals surface area contributed by atoms with Crippen molar-refractivity contribution in [1.82, 2.24) is 9.88 Å². The molecule has 1 aliphatic rings. The quantitative estimate of drug-likeness (QED) is 0.198. The summed E-state index contributed by atoms with van der Waals surface area (Å²) < 4.78 is 8.71. The first-order chi connectivity index (χ1) is 25.7. The van der Waals surface area contributed by atoms with E-state index in [4.69, 9.17) is 14.7 Å². The van der Waals surface area contributed by atoms with Gasteiger partial charge in [-0.3, -0.25) is 4.99 Å². The van der Waals surface area contributed by atoms with Crippen molar-refractivity contribution < 1.29 is 4.42 Å². The molecule has 0 saturated heterocycles. The number of hydrogen-bond acceptors (Lipinski definition) is 4. The molecule has 2 unspecified atom stereocenters. The summed E-state index contributed by atoms with van der Waals surface area (Å²) in [5.41, 5.74) is 10.7. The summed E-state index contributed by atoms with van der Waals surface area (Å²) in [6.45, 7) is 0. The van der Waals surface area contributed by atoms with Gasteiger partial charge in [-0.25, -0.2) is 0 Å². The summed E-state index contributed by atoms with van der Waals surface area (Å²) in [5.74, 6) is 0.798. The Bertz CT molecular complexity index is 2860. The molecule has 10 rings (SSSR count). The molecule has 246 valence electrons. The lowest BCUT2D eigenvalue weighted by atomic mass is 10.0. The average molecular weight is 669 g/mol. The third kappa shape index (κ3) is 4.95. The van der Waals surface area contributed by atoms with E-state index in [2.05, 4.69) is 107 Å². The van der Waals surface area contributed by atoms with Crippen LogP contribution in [0.2, 0.25) is 0 Å². The molecule has 0 aliphatic carbocycles.